The van der Waals surface area contributed by atoms with Gasteiger partial charge in [-0.1, -0.05) is 60.1 Å². The highest BCUT2D eigenvalue weighted by atomic mass is 35.5. The van der Waals surface area contributed by atoms with Gasteiger partial charge in [-0.05, 0) is 65.7 Å². The first-order valence-corrected chi connectivity index (χ1v) is 9.86. The molecule has 0 aliphatic heterocycles. The predicted octanol–water partition coefficient (Wildman–Crippen LogP) is 4.41. The van der Waals surface area contributed by atoms with Crippen molar-refractivity contribution >= 4 is 40.6 Å². The van der Waals surface area contributed by atoms with Crippen LogP contribution in [-0.4, -0.2) is 16.0 Å². The Labute approximate surface area is 180 Å². The number of carboxylic acid groups (broad SMARTS) is 1. The van der Waals surface area contributed by atoms with E-state index in [1.807, 2.05) is 60.4 Å². The van der Waals surface area contributed by atoms with Crippen LogP contribution in [0.1, 0.15) is 27.0 Å². The van der Waals surface area contributed by atoms with Crippen LogP contribution in [0.5, 0.6) is 0 Å². The number of carbonyl (C=O) groups excluding carboxylic acids is 1. The lowest BCUT2D eigenvalue weighted by Crippen LogP contribution is -2.33. The zero-order chi connectivity index (χ0) is 20.8. The van der Waals surface area contributed by atoms with Crippen molar-refractivity contribution in [3.63, 3.8) is 0 Å². The Bertz CT molecular complexity index is 1000. The fraction of sp³-hybridized carbons (Fsp3) is 0.130. The summed E-state index contributed by atoms with van der Waals surface area (Å²) >= 11 is 11.7. The zero-order valence-electron chi connectivity index (χ0n) is 15.9. The Morgan fingerprint density at radius 1 is 1.00 bits per heavy atom. The highest BCUT2D eigenvalue weighted by Gasteiger charge is 2.12. The third kappa shape index (κ3) is 6.04. The molecule has 148 valence electrons. The van der Waals surface area contributed by atoms with E-state index < -0.39 is 5.97 Å². The maximum Gasteiger partial charge on any atom is 0.174 e. The number of halogens is 1. The topological polar surface area (TPSA) is 55.4 Å². The van der Waals surface area contributed by atoms with Gasteiger partial charge in [0.25, 0.3) is 0 Å². The Kier molecular flexibility index (Phi) is 6.86. The molecule has 3 rings (SSSR count). The average Bonchev–Trinajstić information content (AvgIpc) is 2.69. The molecule has 0 amide bonds. The monoisotopic (exact) mass is 423 g/mol. The summed E-state index contributed by atoms with van der Waals surface area (Å²) in [5.41, 5.74) is 4.22. The van der Waals surface area contributed by atoms with Crippen LogP contribution >= 0.6 is 23.8 Å². The number of anilines is 1. The molecular formula is C23H20ClN2O2S-. The minimum atomic E-state index is -1.19. The minimum Gasteiger partial charge on any atom is -0.545 e. The fourth-order valence-electron chi connectivity index (χ4n) is 2.90. The van der Waals surface area contributed by atoms with E-state index in [1.165, 1.54) is 0 Å². The summed E-state index contributed by atoms with van der Waals surface area (Å²) in [4.78, 5) is 13.0. The fourth-order valence-corrected chi connectivity index (χ4v) is 3.27. The quantitative estimate of drug-likeness (QED) is 0.595. The number of hydrogen-bond donors (Lipinski definition) is 1. The number of nitrogens with zero attached hydrogens (tertiary/aromatic N) is 1. The molecule has 0 bridgehead atoms. The van der Waals surface area contributed by atoms with Crippen LogP contribution < -0.4 is 10.4 Å². The summed E-state index contributed by atoms with van der Waals surface area (Å²) in [6.45, 7) is 3.13. The number of nitrogens with one attached hydrogen (secondary N) is 1. The van der Waals surface area contributed by atoms with E-state index in [1.54, 1.807) is 24.3 Å². The van der Waals surface area contributed by atoms with Crippen LogP contribution in [0.3, 0.4) is 0 Å². The van der Waals surface area contributed by atoms with Crippen LogP contribution in [0.25, 0.3) is 0 Å². The summed E-state index contributed by atoms with van der Waals surface area (Å²) in [6, 6.07) is 22.3. The third-order valence-electron chi connectivity index (χ3n) is 4.41. The lowest BCUT2D eigenvalue weighted by Gasteiger charge is -2.26. The van der Waals surface area contributed by atoms with Crippen LogP contribution in [0.15, 0.2) is 72.8 Å². The van der Waals surface area contributed by atoms with Gasteiger partial charge in [0.15, 0.2) is 5.11 Å². The van der Waals surface area contributed by atoms with E-state index in [9.17, 15) is 9.90 Å². The van der Waals surface area contributed by atoms with Crippen molar-refractivity contribution in [2.75, 3.05) is 5.32 Å². The van der Waals surface area contributed by atoms with Gasteiger partial charge >= 0.3 is 0 Å². The van der Waals surface area contributed by atoms with Crippen LogP contribution in [0.2, 0.25) is 5.02 Å². The molecule has 3 aromatic rings. The van der Waals surface area contributed by atoms with E-state index >= 15 is 0 Å². The number of aryl methyl sites for hydroxylation is 1. The molecule has 0 atom stereocenters. The zero-order valence-corrected chi connectivity index (χ0v) is 17.5. The van der Waals surface area contributed by atoms with Crippen molar-refractivity contribution in [1.82, 2.24) is 4.90 Å². The summed E-state index contributed by atoms with van der Waals surface area (Å²) in [5, 5.41) is 15.5. The van der Waals surface area contributed by atoms with Crippen LogP contribution in [-0.2, 0) is 13.1 Å². The minimum absolute atomic E-state index is 0.151. The molecule has 0 saturated carbocycles. The lowest BCUT2D eigenvalue weighted by atomic mass is 10.1. The summed E-state index contributed by atoms with van der Waals surface area (Å²) in [6.07, 6.45) is 0. The number of benzene rings is 3. The molecule has 0 radical (unpaired) electrons. The molecule has 0 unspecified atom stereocenters. The van der Waals surface area contributed by atoms with Gasteiger partial charge in [0.2, 0.25) is 0 Å². The van der Waals surface area contributed by atoms with Gasteiger partial charge in [0.1, 0.15) is 0 Å². The molecule has 0 aromatic heterocycles. The van der Waals surface area contributed by atoms with Gasteiger partial charge < -0.3 is 20.1 Å². The second-order valence-electron chi connectivity index (χ2n) is 6.77. The van der Waals surface area contributed by atoms with E-state index in [-0.39, 0.29) is 5.56 Å². The van der Waals surface area contributed by atoms with Crippen molar-refractivity contribution in [1.29, 1.82) is 0 Å². The lowest BCUT2D eigenvalue weighted by molar-refractivity contribution is -0.255. The van der Waals surface area contributed by atoms with Crippen molar-refractivity contribution in [3.05, 3.63) is 100 Å². The number of rotatable bonds is 6. The first-order valence-electron chi connectivity index (χ1n) is 9.08. The number of aromatic carboxylic acids is 1. The Morgan fingerprint density at radius 2 is 1.59 bits per heavy atom. The molecule has 0 aliphatic carbocycles. The van der Waals surface area contributed by atoms with Crippen LogP contribution in [0.4, 0.5) is 5.69 Å². The molecule has 1 N–H and O–H groups in total. The molecule has 0 saturated heterocycles. The Morgan fingerprint density at radius 3 is 2.14 bits per heavy atom. The summed E-state index contributed by atoms with van der Waals surface area (Å²) in [7, 11) is 0. The molecule has 0 aliphatic rings. The maximum atomic E-state index is 11.0. The number of carbonyl (C=O) groups is 1. The van der Waals surface area contributed by atoms with Gasteiger partial charge in [-0.3, -0.25) is 0 Å². The Balaban J connectivity index is 1.80. The van der Waals surface area contributed by atoms with Crippen molar-refractivity contribution in [2.24, 2.45) is 0 Å². The number of hydrogen-bond acceptors (Lipinski definition) is 3. The molecule has 6 heteroatoms. The molecule has 0 fully saturated rings. The van der Waals surface area contributed by atoms with Gasteiger partial charge in [-0.15, -0.1) is 0 Å². The summed E-state index contributed by atoms with van der Waals surface area (Å²) in [5.74, 6) is -1.19. The number of carboxylic acids is 1. The molecule has 29 heavy (non-hydrogen) atoms. The molecule has 0 heterocycles. The van der Waals surface area contributed by atoms with Crippen molar-refractivity contribution < 1.29 is 9.90 Å². The van der Waals surface area contributed by atoms with E-state index in [2.05, 4.69) is 5.32 Å². The predicted molar refractivity (Wildman–Crippen MR) is 119 cm³/mol. The van der Waals surface area contributed by atoms with E-state index in [0.717, 1.165) is 22.4 Å². The van der Waals surface area contributed by atoms with Gasteiger partial charge in [-0.25, -0.2) is 0 Å². The summed E-state index contributed by atoms with van der Waals surface area (Å²) < 4.78 is 0. The van der Waals surface area contributed by atoms with Crippen LogP contribution in [0, 0.1) is 6.92 Å². The second kappa shape index (κ2) is 9.54. The van der Waals surface area contributed by atoms with Gasteiger partial charge in [-0.2, -0.15) is 0 Å². The van der Waals surface area contributed by atoms with Gasteiger partial charge in [0.05, 0.1) is 5.97 Å². The maximum absolute atomic E-state index is 11.0. The molecular weight excluding hydrogens is 404 g/mol. The molecule has 4 nitrogen and oxygen atoms in total. The first-order chi connectivity index (χ1) is 13.9. The Hall–Kier alpha value is -2.89. The smallest absolute Gasteiger partial charge is 0.174 e. The van der Waals surface area contributed by atoms with E-state index in [4.69, 9.17) is 23.8 Å². The van der Waals surface area contributed by atoms with Crippen molar-refractivity contribution in [3.8, 4) is 0 Å². The number of thiocarbonyl (C=S) groups is 1. The first kappa shape index (κ1) is 20.8. The van der Waals surface area contributed by atoms with Crippen molar-refractivity contribution in [2.45, 2.75) is 20.0 Å². The normalized spacial score (nSPS) is 10.4. The standard InChI is InChI=1S/C23H21ClN2O2S/c1-16-3-2-4-21(13-16)25-23(29)26(15-18-7-11-20(24)12-8-18)14-17-5-9-19(10-6-17)22(27)28/h2-13H,14-15H2,1H3,(H,25,29)(H,27,28)/p-1. The highest BCUT2D eigenvalue weighted by molar-refractivity contribution is 7.80. The largest absolute Gasteiger partial charge is 0.545 e. The third-order valence-corrected chi connectivity index (χ3v) is 5.02. The second-order valence-corrected chi connectivity index (χ2v) is 7.59. The van der Waals surface area contributed by atoms with E-state index in [0.29, 0.717) is 23.2 Å². The molecule has 0 spiro atoms. The average molecular weight is 424 g/mol. The molecule has 3 aromatic carbocycles. The highest BCUT2D eigenvalue weighted by Crippen LogP contribution is 2.17. The van der Waals surface area contributed by atoms with Gasteiger partial charge in [0, 0.05) is 23.8 Å². The SMILES string of the molecule is Cc1cccc(NC(=S)N(Cc2ccc(Cl)cc2)Cc2ccc(C(=O)[O-])cc2)c1.